The van der Waals surface area contributed by atoms with Crippen molar-refractivity contribution in [2.45, 2.75) is 65.6 Å². The van der Waals surface area contributed by atoms with Crippen LogP contribution in [0.3, 0.4) is 0 Å². The van der Waals surface area contributed by atoms with E-state index in [0.717, 1.165) is 25.9 Å². The second-order valence-corrected chi connectivity index (χ2v) is 11.9. The number of rotatable bonds is 25. The molecule has 0 heterocycles. The Labute approximate surface area is 258 Å². The molecule has 252 valence electrons. The lowest BCUT2D eigenvalue weighted by atomic mass is 10.2. The van der Waals surface area contributed by atoms with Crippen LogP contribution in [0.1, 0.15) is 54.4 Å². The van der Waals surface area contributed by atoms with Crippen molar-refractivity contribution in [3.8, 4) is 0 Å². The van der Waals surface area contributed by atoms with Crippen LogP contribution in [0.4, 0.5) is 9.59 Å². The van der Waals surface area contributed by atoms with Gasteiger partial charge in [0.05, 0.1) is 79.3 Å². The normalized spacial score (nSPS) is 13.0. The molecule has 0 bridgehead atoms. The Kier molecular flexibility index (Phi) is 21.0. The van der Waals surface area contributed by atoms with E-state index in [1.807, 2.05) is 41.5 Å². The Morgan fingerprint density at radius 3 is 1.23 bits per heavy atom. The summed E-state index contributed by atoms with van der Waals surface area (Å²) in [6.07, 6.45) is 3.65. The third-order valence-electron chi connectivity index (χ3n) is 5.27. The summed E-state index contributed by atoms with van der Waals surface area (Å²) in [5, 5.41) is 5.29. The van der Waals surface area contributed by atoms with Crippen LogP contribution in [-0.2, 0) is 37.9 Å². The molecular weight excluding hydrogens is 562 g/mol. The number of allylic oxidation sites excluding steroid dienone is 1. The molecule has 0 aliphatic heterocycles. The zero-order chi connectivity index (χ0) is 31.8. The van der Waals surface area contributed by atoms with E-state index in [1.165, 1.54) is 5.57 Å². The monoisotopic (exact) mass is 619 g/mol. The van der Waals surface area contributed by atoms with Gasteiger partial charge < -0.3 is 53.4 Å². The zero-order valence-electron chi connectivity index (χ0n) is 27.3. The molecule has 0 atom stereocenters. The van der Waals surface area contributed by atoms with Gasteiger partial charge >= 0.3 is 12.2 Å². The van der Waals surface area contributed by atoms with Crippen LogP contribution in [0.25, 0.3) is 0 Å². The van der Waals surface area contributed by atoms with E-state index in [2.05, 4.69) is 21.7 Å². The van der Waals surface area contributed by atoms with Crippen LogP contribution in [0, 0.1) is 0 Å². The molecule has 0 aromatic rings. The predicted octanol–water partition coefficient (Wildman–Crippen LogP) is 3.12. The molecule has 2 amide bonds. The molecule has 2 N–H and O–H groups in total. The highest BCUT2D eigenvalue weighted by atomic mass is 16.6. The highest BCUT2D eigenvalue weighted by Gasteiger charge is 2.16. The molecule has 0 saturated heterocycles. The van der Waals surface area contributed by atoms with E-state index < -0.39 is 23.4 Å². The Morgan fingerprint density at radius 1 is 0.581 bits per heavy atom. The minimum Gasteiger partial charge on any atom is -0.444 e. The molecule has 13 heteroatoms. The summed E-state index contributed by atoms with van der Waals surface area (Å²) in [6, 6.07) is 0. The SMILES string of the molecule is CC(C)(C)OC(=O)NCCOCCOCCOCCN(C=C1CC1)CCOCCOCCOCCNC(=O)OC(C)(C)C. The second kappa shape index (κ2) is 23.3. The van der Waals surface area contributed by atoms with E-state index in [-0.39, 0.29) is 0 Å². The number of carbonyl (C=O) groups is 2. The van der Waals surface area contributed by atoms with Gasteiger partial charge in [-0.05, 0) is 60.6 Å². The van der Waals surface area contributed by atoms with Gasteiger partial charge in [-0.1, -0.05) is 5.57 Å². The molecule has 1 aliphatic carbocycles. The van der Waals surface area contributed by atoms with Crippen molar-refractivity contribution in [3.63, 3.8) is 0 Å². The lowest BCUT2D eigenvalue weighted by Crippen LogP contribution is -2.34. The highest BCUT2D eigenvalue weighted by Crippen LogP contribution is 2.27. The molecule has 1 rings (SSSR count). The quantitative estimate of drug-likeness (QED) is 0.146. The highest BCUT2D eigenvalue weighted by molar-refractivity contribution is 5.67. The number of carbonyl (C=O) groups excluding carboxylic acids is 2. The molecule has 1 saturated carbocycles. The van der Waals surface area contributed by atoms with Crippen molar-refractivity contribution in [1.82, 2.24) is 15.5 Å². The summed E-state index contributed by atoms with van der Waals surface area (Å²) in [5.41, 5.74) is 0.431. The molecule has 0 spiro atoms. The van der Waals surface area contributed by atoms with Gasteiger partial charge in [-0.25, -0.2) is 9.59 Å². The van der Waals surface area contributed by atoms with Gasteiger partial charge in [-0.15, -0.1) is 0 Å². The zero-order valence-corrected chi connectivity index (χ0v) is 27.3. The average Bonchev–Trinajstić information content (AvgIpc) is 3.71. The third-order valence-corrected chi connectivity index (χ3v) is 5.27. The Morgan fingerprint density at radius 2 is 0.907 bits per heavy atom. The maximum atomic E-state index is 11.5. The van der Waals surface area contributed by atoms with Crippen LogP contribution < -0.4 is 10.6 Å². The number of hydrogen-bond acceptors (Lipinski definition) is 11. The molecular formula is C30H57N3O10. The second-order valence-electron chi connectivity index (χ2n) is 11.9. The van der Waals surface area contributed by atoms with Crippen molar-refractivity contribution >= 4 is 12.2 Å². The van der Waals surface area contributed by atoms with Crippen LogP contribution in [-0.4, -0.2) is 134 Å². The largest absolute Gasteiger partial charge is 0.444 e. The fourth-order valence-electron chi connectivity index (χ4n) is 3.23. The molecule has 43 heavy (non-hydrogen) atoms. The minimum absolute atomic E-state index is 0.387. The first-order valence-corrected chi connectivity index (χ1v) is 15.3. The number of nitrogens with one attached hydrogen (secondary N) is 2. The summed E-state index contributed by atoms with van der Waals surface area (Å²) in [7, 11) is 0. The van der Waals surface area contributed by atoms with Gasteiger partial charge in [0.1, 0.15) is 11.2 Å². The first-order valence-electron chi connectivity index (χ1n) is 15.3. The van der Waals surface area contributed by atoms with Gasteiger partial charge in [-0.2, -0.15) is 0 Å². The van der Waals surface area contributed by atoms with E-state index in [0.29, 0.717) is 92.4 Å². The summed E-state index contributed by atoms with van der Waals surface area (Å²) in [4.78, 5) is 25.3. The average molecular weight is 620 g/mol. The standard InChI is InChI=1S/C30H57N3O10/c1-29(2,3)42-27(34)31-9-13-36-17-21-40-23-19-38-15-11-33(25-26-7-8-26)12-16-39-20-24-41-22-18-37-14-10-32-28(35)43-30(4,5)6/h25H,7-24H2,1-6H3,(H,31,34)(H,32,35). The number of hydrogen-bond donors (Lipinski definition) is 2. The van der Waals surface area contributed by atoms with Crippen molar-refractivity contribution < 1.29 is 47.5 Å². The van der Waals surface area contributed by atoms with Crippen LogP contribution >= 0.6 is 0 Å². The van der Waals surface area contributed by atoms with Gasteiger partial charge in [0.2, 0.25) is 0 Å². The van der Waals surface area contributed by atoms with Crippen LogP contribution in [0.5, 0.6) is 0 Å². The van der Waals surface area contributed by atoms with Crippen LogP contribution in [0.2, 0.25) is 0 Å². The molecule has 0 aromatic carbocycles. The molecule has 1 aliphatic rings. The summed E-state index contributed by atoms with van der Waals surface area (Å²) in [5.74, 6) is 0. The van der Waals surface area contributed by atoms with E-state index in [4.69, 9.17) is 37.9 Å². The third kappa shape index (κ3) is 28.4. The van der Waals surface area contributed by atoms with Crippen molar-refractivity contribution in [3.05, 3.63) is 11.8 Å². The summed E-state index contributed by atoms with van der Waals surface area (Å²) in [6.45, 7) is 19.1. The number of ether oxygens (including phenoxy) is 8. The molecule has 0 radical (unpaired) electrons. The predicted molar refractivity (Wildman–Crippen MR) is 162 cm³/mol. The molecule has 0 unspecified atom stereocenters. The fourth-order valence-corrected chi connectivity index (χ4v) is 3.23. The Bertz CT molecular complexity index is 710. The van der Waals surface area contributed by atoms with Crippen LogP contribution in [0.15, 0.2) is 11.8 Å². The minimum atomic E-state index is -0.511. The topological polar surface area (TPSA) is 135 Å². The van der Waals surface area contributed by atoms with Gasteiger partial charge in [0.25, 0.3) is 0 Å². The number of amides is 2. The number of nitrogens with zero attached hydrogens (tertiary/aromatic N) is 1. The molecule has 13 nitrogen and oxygen atoms in total. The maximum absolute atomic E-state index is 11.5. The summed E-state index contributed by atoms with van der Waals surface area (Å²) >= 11 is 0. The van der Waals surface area contributed by atoms with Crippen molar-refractivity contribution in [2.75, 3.05) is 105 Å². The smallest absolute Gasteiger partial charge is 0.407 e. The Hall–Kier alpha value is -2.16. The first kappa shape index (κ1) is 38.9. The van der Waals surface area contributed by atoms with Crippen molar-refractivity contribution in [1.29, 1.82) is 0 Å². The lowest BCUT2D eigenvalue weighted by Gasteiger charge is -2.20. The van der Waals surface area contributed by atoms with E-state index >= 15 is 0 Å². The Balaban J connectivity index is 1.91. The molecule has 1 fully saturated rings. The lowest BCUT2D eigenvalue weighted by molar-refractivity contribution is 0.00584. The van der Waals surface area contributed by atoms with E-state index in [1.54, 1.807) is 0 Å². The maximum Gasteiger partial charge on any atom is 0.407 e. The number of alkyl carbamates (subject to hydrolysis) is 2. The summed E-state index contributed by atoms with van der Waals surface area (Å²) < 4.78 is 43.7. The first-order chi connectivity index (χ1) is 20.4. The fraction of sp³-hybridized carbons (Fsp3) is 0.867. The van der Waals surface area contributed by atoms with E-state index in [9.17, 15) is 9.59 Å². The molecule has 0 aromatic heterocycles. The van der Waals surface area contributed by atoms with Gasteiger partial charge in [0, 0.05) is 26.2 Å². The van der Waals surface area contributed by atoms with Gasteiger partial charge in [-0.3, -0.25) is 0 Å². The van der Waals surface area contributed by atoms with Crippen molar-refractivity contribution in [2.24, 2.45) is 0 Å². The van der Waals surface area contributed by atoms with Gasteiger partial charge in [0.15, 0.2) is 0 Å².